The molecule has 2 unspecified atom stereocenters. The van der Waals surface area contributed by atoms with Crippen molar-refractivity contribution in [2.75, 3.05) is 7.11 Å². The van der Waals surface area contributed by atoms with Crippen molar-refractivity contribution < 1.29 is 9.15 Å². The predicted octanol–water partition coefficient (Wildman–Crippen LogP) is 3.74. The molecule has 3 rings (SSSR count). The summed E-state index contributed by atoms with van der Waals surface area (Å²) < 4.78 is 10.9. The summed E-state index contributed by atoms with van der Waals surface area (Å²) in [6.07, 6.45) is 3.76. The van der Waals surface area contributed by atoms with Gasteiger partial charge in [0.2, 0.25) is 0 Å². The first kappa shape index (κ1) is 13.0. The molecule has 1 N–H and O–H groups in total. The summed E-state index contributed by atoms with van der Waals surface area (Å²) in [6.45, 7) is 0.747. The molecular formula is C15H18ClNO2. The van der Waals surface area contributed by atoms with Crippen LogP contribution in [0.4, 0.5) is 0 Å². The van der Waals surface area contributed by atoms with Crippen LogP contribution in [0.15, 0.2) is 28.7 Å². The van der Waals surface area contributed by atoms with Crippen molar-refractivity contribution >= 4 is 22.6 Å². The topological polar surface area (TPSA) is 34.4 Å². The van der Waals surface area contributed by atoms with Crippen LogP contribution in [-0.2, 0) is 11.3 Å². The highest BCUT2D eigenvalue weighted by molar-refractivity contribution is 6.30. The van der Waals surface area contributed by atoms with E-state index >= 15 is 0 Å². The first-order chi connectivity index (χ1) is 9.28. The van der Waals surface area contributed by atoms with Gasteiger partial charge in [0.1, 0.15) is 5.58 Å². The first-order valence-corrected chi connectivity index (χ1v) is 7.08. The Balaban J connectivity index is 1.70. The minimum absolute atomic E-state index is 0.397. The molecular weight excluding hydrogens is 262 g/mol. The first-order valence-electron chi connectivity index (χ1n) is 6.70. The van der Waals surface area contributed by atoms with Crippen LogP contribution in [0.25, 0.3) is 11.0 Å². The van der Waals surface area contributed by atoms with E-state index in [9.17, 15) is 0 Å². The second-order valence-electron chi connectivity index (χ2n) is 5.10. The van der Waals surface area contributed by atoms with E-state index in [1.54, 1.807) is 7.11 Å². The quantitative estimate of drug-likeness (QED) is 0.926. The maximum atomic E-state index is 6.18. The standard InChI is InChI=1S/C15H18ClNO2/c1-18-11-7-6-10(8-11)17-9-13-12-4-2-3-5-14(12)19-15(13)16/h2-5,10-11,17H,6-9H2,1H3. The zero-order valence-corrected chi connectivity index (χ0v) is 11.7. The van der Waals surface area contributed by atoms with Gasteiger partial charge in [-0.25, -0.2) is 0 Å². The fraction of sp³-hybridized carbons (Fsp3) is 0.467. The smallest absolute Gasteiger partial charge is 0.199 e. The molecule has 0 spiro atoms. The molecule has 0 amide bonds. The third-order valence-corrected chi connectivity index (χ3v) is 4.24. The van der Waals surface area contributed by atoms with E-state index < -0.39 is 0 Å². The number of methoxy groups -OCH3 is 1. The second-order valence-corrected chi connectivity index (χ2v) is 5.44. The van der Waals surface area contributed by atoms with E-state index in [-0.39, 0.29) is 0 Å². The molecule has 1 aromatic heterocycles. The predicted molar refractivity (Wildman–Crippen MR) is 76.5 cm³/mol. The van der Waals surface area contributed by atoms with E-state index in [0.717, 1.165) is 42.3 Å². The van der Waals surface area contributed by atoms with Crippen LogP contribution >= 0.6 is 11.6 Å². The van der Waals surface area contributed by atoms with Crippen molar-refractivity contribution in [2.24, 2.45) is 0 Å². The van der Waals surface area contributed by atoms with Gasteiger partial charge in [-0.2, -0.15) is 0 Å². The average Bonchev–Trinajstić information content (AvgIpc) is 3.00. The Bertz CT molecular complexity index is 566. The molecule has 1 aromatic carbocycles. The number of halogens is 1. The minimum Gasteiger partial charge on any atom is -0.444 e. The van der Waals surface area contributed by atoms with Crippen molar-refractivity contribution in [1.82, 2.24) is 5.32 Å². The van der Waals surface area contributed by atoms with Gasteiger partial charge < -0.3 is 14.5 Å². The monoisotopic (exact) mass is 279 g/mol. The lowest BCUT2D eigenvalue weighted by atomic mass is 10.1. The zero-order valence-electron chi connectivity index (χ0n) is 11.0. The van der Waals surface area contributed by atoms with E-state index in [4.69, 9.17) is 20.8 Å². The Hall–Kier alpha value is -1.03. The molecule has 3 nitrogen and oxygen atoms in total. The van der Waals surface area contributed by atoms with Crippen molar-refractivity contribution in [1.29, 1.82) is 0 Å². The summed E-state index contributed by atoms with van der Waals surface area (Å²) in [6, 6.07) is 8.47. The number of furan rings is 1. The molecule has 1 saturated carbocycles. The van der Waals surface area contributed by atoms with Gasteiger partial charge in [0.15, 0.2) is 5.22 Å². The van der Waals surface area contributed by atoms with Gasteiger partial charge in [-0.15, -0.1) is 0 Å². The Kier molecular flexibility index (Phi) is 3.78. The van der Waals surface area contributed by atoms with Crippen LogP contribution in [0.2, 0.25) is 5.22 Å². The fourth-order valence-electron chi connectivity index (χ4n) is 2.82. The summed E-state index contributed by atoms with van der Waals surface area (Å²) in [5, 5.41) is 5.15. The van der Waals surface area contributed by atoms with Crippen LogP contribution in [0.3, 0.4) is 0 Å². The van der Waals surface area contributed by atoms with Gasteiger partial charge in [-0.3, -0.25) is 0 Å². The summed E-state index contributed by atoms with van der Waals surface area (Å²) in [5.41, 5.74) is 1.91. The lowest BCUT2D eigenvalue weighted by Crippen LogP contribution is -2.26. The maximum Gasteiger partial charge on any atom is 0.199 e. The molecule has 102 valence electrons. The maximum absolute atomic E-state index is 6.18. The molecule has 0 radical (unpaired) electrons. The molecule has 2 aromatic rings. The largest absolute Gasteiger partial charge is 0.444 e. The third kappa shape index (κ3) is 2.64. The molecule has 4 heteroatoms. The molecule has 19 heavy (non-hydrogen) atoms. The van der Waals surface area contributed by atoms with Crippen molar-refractivity contribution in [3.8, 4) is 0 Å². The zero-order chi connectivity index (χ0) is 13.2. The molecule has 2 atom stereocenters. The van der Waals surface area contributed by atoms with Crippen LogP contribution in [0.5, 0.6) is 0 Å². The summed E-state index contributed by atoms with van der Waals surface area (Å²) >= 11 is 6.18. The van der Waals surface area contributed by atoms with E-state index in [1.165, 1.54) is 0 Å². The number of nitrogens with one attached hydrogen (secondary N) is 1. The van der Waals surface area contributed by atoms with Gasteiger partial charge in [0, 0.05) is 30.6 Å². The van der Waals surface area contributed by atoms with Crippen LogP contribution in [-0.4, -0.2) is 19.3 Å². The van der Waals surface area contributed by atoms with Crippen molar-refractivity contribution in [3.63, 3.8) is 0 Å². The number of fused-ring (bicyclic) bond motifs is 1. The Morgan fingerprint density at radius 3 is 3.00 bits per heavy atom. The number of benzene rings is 1. The molecule has 0 bridgehead atoms. The molecule has 1 heterocycles. The van der Waals surface area contributed by atoms with Gasteiger partial charge in [-0.1, -0.05) is 18.2 Å². The van der Waals surface area contributed by atoms with Gasteiger partial charge in [0.25, 0.3) is 0 Å². The number of para-hydroxylation sites is 1. The van der Waals surface area contributed by atoms with Gasteiger partial charge in [0.05, 0.1) is 6.10 Å². The molecule has 1 fully saturated rings. The number of hydrogen-bond acceptors (Lipinski definition) is 3. The van der Waals surface area contributed by atoms with Gasteiger partial charge >= 0.3 is 0 Å². The fourth-order valence-corrected chi connectivity index (χ4v) is 3.07. The Labute approximate surface area is 117 Å². The molecule has 1 aliphatic rings. The summed E-state index contributed by atoms with van der Waals surface area (Å²) in [4.78, 5) is 0. The number of ether oxygens (including phenoxy) is 1. The van der Waals surface area contributed by atoms with E-state index in [2.05, 4.69) is 5.32 Å². The second kappa shape index (κ2) is 5.53. The molecule has 0 saturated heterocycles. The summed E-state index contributed by atoms with van der Waals surface area (Å²) in [5.74, 6) is 0. The number of hydrogen-bond donors (Lipinski definition) is 1. The van der Waals surface area contributed by atoms with E-state index in [1.807, 2.05) is 24.3 Å². The van der Waals surface area contributed by atoms with Crippen LogP contribution in [0, 0.1) is 0 Å². The third-order valence-electron chi connectivity index (χ3n) is 3.93. The van der Waals surface area contributed by atoms with Crippen LogP contribution < -0.4 is 5.32 Å². The highest BCUT2D eigenvalue weighted by Crippen LogP contribution is 2.30. The minimum atomic E-state index is 0.397. The van der Waals surface area contributed by atoms with Gasteiger partial charge in [-0.05, 0) is 36.9 Å². The highest BCUT2D eigenvalue weighted by atomic mass is 35.5. The highest BCUT2D eigenvalue weighted by Gasteiger charge is 2.24. The van der Waals surface area contributed by atoms with Crippen molar-refractivity contribution in [2.45, 2.75) is 38.0 Å². The van der Waals surface area contributed by atoms with E-state index in [0.29, 0.717) is 17.4 Å². The van der Waals surface area contributed by atoms with Crippen LogP contribution in [0.1, 0.15) is 24.8 Å². The lowest BCUT2D eigenvalue weighted by Gasteiger charge is -2.12. The SMILES string of the molecule is COC1CCC(NCc2c(Cl)oc3ccccc23)C1. The average molecular weight is 280 g/mol. The normalized spacial score (nSPS) is 23.3. The molecule has 0 aliphatic heterocycles. The Morgan fingerprint density at radius 1 is 1.37 bits per heavy atom. The van der Waals surface area contributed by atoms with Crippen molar-refractivity contribution in [3.05, 3.63) is 35.0 Å². The summed E-state index contributed by atoms with van der Waals surface area (Å²) in [7, 11) is 1.79. The molecule has 1 aliphatic carbocycles. The Morgan fingerprint density at radius 2 is 2.21 bits per heavy atom. The lowest BCUT2D eigenvalue weighted by molar-refractivity contribution is 0.107. The number of rotatable bonds is 4.